The van der Waals surface area contributed by atoms with Crippen LogP contribution in [-0.4, -0.2) is 69.4 Å². The molecule has 1 aromatic rings. The largest absolute Gasteiger partial charge is 0.504 e. The molecule has 5 N–H and O–H groups in total. The number of carbonyl (C=O) groups is 2. The lowest BCUT2D eigenvalue weighted by molar-refractivity contribution is -0.185. The molecule has 152 valence electrons. The van der Waals surface area contributed by atoms with E-state index in [0.29, 0.717) is 25.0 Å². The summed E-state index contributed by atoms with van der Waals surface area (Å²) in [7, 11) is 2.04. The molecule has 2 bridgehead atoms. The van der Waals surface area contributed by atoms with Crippen molar-refractivity contribution in [3.05, 3.63) is 23.3 Å². The SMILES string of the molecule is CC(N)C(=O)O.CN1CC[C@]23c4c5ccc(O)c4O[C@H]2C(=O)CC[C@@]3(O)[C@H]1C5. The highest BCUT2D eigenvalue weighted by Gasteiger charge is 2.72. The maximum atomic E-state index is 12.5. The van der Waals surface area contributed by atoms with Crippen molar-refractivity contribution in [3.8, 4) is 11.5 Å². The van der Waals surface area contributed by atoms with Gasteiger partial charge >= 0.3 is 5.97 Å². The van der Waals surface area contributed by atoms with E-state index < -0.39 is 29.1 Å². The van der Waals surface area contributed by atoms with Crippen LogP contribution >= 0.6 is 0 Å². The summed E-state index contributed by atoms with van der Waals surface area (Å²) in [5, 5.41) is 29.7. The van der Waals surface area contributed by atoms with Gasteiger partial charge in [-0.05, 0) is 51.4 Å². The first-order valence-corrected chi connectivity index (χ1v) is 9.59. The topological polar surface area (TPSA) is 133 Å². The molecule has 4 aliphatic rings. The number of carboxylic acids is 1. The molecule has 2 fully saturated rings. The fraction of sp³-hybridized carbons (Fsp3) is 0.600. The number of hydrogen-bond donors (Lipinski definition) is 4. The third-order valence-corrected chi connectivity index (χ3v) is 6.92. The molecule has 0 radical (unpaired) electrons. The smallest absolute Gasteiger partial charge is 0.320 e. The highest BCUT2D eigenvalue weighted by molar-refractivity contribution is 5.90. The van der Waals surface area contributed by atoms with Gasteiger partial charge in [0.05, 0.1) is 11.0 Å². The first-order valence-electron chi connectivity index (χ1n) is 9.59. The van der Waals surface area contributed by atoms with Gasteiger partial charge in [-0.15, -0.1) is 0 Å². The first-order chi connectivity index (χ1) is 13.1. The van der Waals surface area contributed by atoms with Crippen LogP contribution in [0.5, 0.6) is 11.5 Å². The van der Waals surface area contributed by atoms with Crippen LogP contribution in [0.25, 0.3) is 0 Å². The number of phenols is 1. The van der Waals surface area contributed by atoms with Gasteiger partial charge in [0.25, 0.3) is 0 Å². The fourth-order valence-corrected chi connectivity index (χ4v) is 5.54. The van der Waals surface area contributed by atoms with Crippen molar-refractivity contribution in [1.82, 2.24) is 4.90 Å². The molecule has 2 aliphatic carbocycles. The van der Waals surface area contributed by atoms with Gasteiger partial charge < -0.3 is 30.7 Å². The molecule has 8 nitrogen and oxygen atoms in total. The molecule has 2 aliphatic heterocycles. The van der Waals surface area contributed by atoms with Gasteiger partial charge in [-0.25, -0.2) is 0 Å². The van der Waals surface area contributed by atoms with Crippen molar-refractivity contribution >= 4 is 11.8 Å². The summed E-state index contributed by atoms with van der Waals surface area (Å²) in [5.74, 6) is -0.402. The van der Waals surface area contributed by atoms with E-state index in [1.165, 1.54) is 6.92 Å². The molecule has 28 heavy (non-hydrogen) atoms. The number of likely N-dealkylation sites (N-methyl/N-ethyl adjacent to an activating group) is 1. The van der Waals surface area contributed by atoms with Crippen LogP contribution in [0.15, 0.2) is 12.1 Å². The standard InChI is InChI=1S/C17H19NO4.C3H7NO2/c1-18-7-6-16-13-9-2-3-10(19)14(13)22-15(16)11(20)4-5-17(16,21)12(18)8-9;1-2(4)3(5)6/h2-3,12,15,19,21H,4-8H2,1H3;2H,4H2,1H3,(H,5,6)/t12-,15+,16+,17-;/m1./s1. The number of piperidine rings is 1. The van der Waals surface area contributed by atoms with Gasteiger partial charge in [-0.3, -0.25) is 9.59 Å². The Morgan fingerprint density at radius 3 is 2.71 bits per heavy atom. The number of aliphatic hydroxyl groups is 1. The van der Waals surface area contributed by atoms with Gasteiger partial charge in [0, 0.05) is 18.0 Å². The minimum Gasteiger partial charge on any atom is -0.504 e. The molecule has 0 aromatic heterocycles. The molecule has 5 rings (SSSR count). The van der Waals surface area contributed by atoms with Crippen molar-refractivity contribution in [2.75, 3.05) is 13.6 Å². The number of nitrogens with zero attached hydrogens (tertiary/aromatic N) is 1. The van der Waals surface area contributed by atoms with Crippen LogP contribution < -0.4 is 10.5 Å². The molecular weight excluding hydrogens is 364 g/mol. The molecular formula is C20H26N2O6. The molecule has 1 saturated heterocycles. The summed E-state index contributed by atoms with van der Waals surface area (Å²) in [6.07, 6.45) is 1.61. The summed E-state index contributed by atoms with van der Waals surface area (Å²) in [4.78, 5) is 24.3. The number of carboxylic acid groups (broad SMARTS) is 1. The summed E-state index contributed by atoms with van der Waals surface area (Å²) in [6, 6.07) is 2.84. The van der Waals surface area contributed by atoms with Crippen LogP contribution in [0, 0.1) is 0 Å². The van der Waals surface area contributed by atoms with Gasteiger partial charge in [0.1, 0.15) is 6.04 Å². The van der Waals surface area contributed by atoms with Gasteiger partial charge in [-0.2, -0.15) is 0 Å². The number of ether oxygens (including phenoxy) is 1. The molecule has 1 saturated carbocycles. The van der Waals surface area contributed by atoms with Crippen molar-refractivity contribution in [1.29, 1.82) is 0 Å². The quantitative estimate of drug-likeness (QED) is 0.533. The number of Topliss-reactive ketones (excluding diaryl/α,β-unsaturated/α-hetero) is 1. The summed E-state index contributed by atoms with van der Waals surface area (Å²) in [6.45, 7) is 2.25. The second kappa shape index (κ2) is 6.17. The number of carbonyl (C=O) groups excluding carboxylic acids is 1. The molecule has 2 heterocycles. The van der Waals surface area contributed by atoms with Crippen molar-refractivity contribution in [2.45, 2.75) is 61.8 Å². The minimum absolute atomic E-state index is 0.00319. The van der Waals surface area contributed by atoms with Gasteiger partial charge in [0.2, 0.25) is 0 Å². The van der Waals surface area contributed by atoms with Crippen LogP contribution in [0.3, 0.4) is 0 Å². The van der Waals surface area contributed by atoms with Gasteiger partial charge in [0.15, 0.2) is 23.4 Å². The predicted molar refractivity (Wildman–Crippen MR) is 99.4 cm³/mol. The van der Waals surface area contributed by atoms with Crippen LogP contribution in [0.1, 0.15) is 37.3 Å². The average Bonchev–Trinajstić information content (AvgIpc) is 3.00. The number of aliphatic carboxylic acids is 1. The summed E-state index contributed by atoms with van der Waals surface area (Å²) >= 11 is 0. The van der Waals surface area contributed by atoms with Crippen LogP contribution in [0.2, 0.25) is 0 Å². The predicted octanol–water partition coefficient (Wildman–Crippen LogP) is 0.163. The zero-order valence-electron chi connectivity index (χ0n) is 16.0. The molecule has 1 spiro atoms. The van der Waals surface area contributed by atoms with Gasteiger partial charge in [-0.1, -0.05) is 6.07 Å². The lowest BCUT2D eigenvalue weighted by Gasteiger charge is -2.61. The number of phenolic OH excluding ortho intramolecular Hbond substituents is 1. The zero-order valence-corrected chi connectivity index (χ0v) is 16.0. The lowest BCUT2D eigenvalue weighted by Crippen LogP contribution is -2.76. The van der Waals surface area contributed by atoms with E-state index in [4.69, 9.17) is 15.6 Å². The van der Waals surface area contributed by atoms with E-state index in [1.54, 1.807) is 6.07 Å². The number of rotatable bonds is 1. The number of benzene rings is 1. The Kier molecular flexibility index (Phi) is 4.22. The highest BCUT2D eigenvalue weighted by Crippen LogP contribution is 2.64. The summed E-state index contributed by atoms with van der Waals surface area (Å²) in [5.41, 5.74) is 5.21. The van der Waals surface area contributed by atoms with E-state index in [0.717, 1.165) is 24.1 Å². The van der Waals surface area contributed by atoms with E-state index in [-0.39, 0.29) is 17.6 Å². The second-order valence-electron chi connectivity index (χ2n) is 8.39. The van der Waals surface area contributed by atoms with Crippen molar-refractivity contribution < 1.29 is 29.6 Å². The average molecular weight is 390 g/mol. The third-order valence-electron chi connectivity index (χ3n) is 6.92. The Morgan fingerprint density at radius 2 is 2.07 bits per heavy atom. The minimum atomic E-state index is -0.963. The molecule has 1 aromatic carbocycles. The first kappa shape index (κ1) is 19.2. The molecule has 8 heteroatoms. The summed E-state index contributed by atoms with van der Waals surface area (Å²) < 4.78 is 5.94. The fourth-order valence-electron chi connectivity index (χ4n) is 5.54. The van der Waals surface area contributed by atoms with Crippen molar-refractivity contribution in [3.63, 3.8) is 0 Å². The van der Waals surface area contributed by atoms with E-state index in [9.17, 15) is 19.8 Å². The highest BCUT2D eigenvalue weighted by atomic mass is 16.5. The molecule has 0 amide bonds. The lowest BCUT2D eigenvalue weighted by atomic mass is 9.49. The van der Waals surface area contributed by atoms with E-state index in [2.05, 4.69) is 4.90 Å². The number of ketones is 1. The Hall–Kier alpha value is -2.16. The van der Waals surface area contributed by atoms with Crippen LogP contribution in [0.4, 0.5) is 0 Å². The maximum Gasteiger partial charge on any atom is 0.320 e. The Labute approximate surface area is 162 Å². The normalized spacial score (nSPS) is 35.9. The number of hydrogen-bond acceptors (Lipinski definition) is 7. The van der Waals surface area contributed by atoms with E-state index >= 15 is 0 Å². The third kappa shape index (κ3) is 2.28. The van der Waals surface area contributed by atoms with E-state index in [1.807, 2.05) is 13.1 Å². The molecule has 1 unspecified atom stereocenters. The van der Waals surface area contributed by atoms with Crippen LogP contribution in [-0.2, 0) is 21.4 Å². The Balaban J connectivity index is 0.000000283. The van der Waals surface area contributed by atoms with Crippen molar-refractivity contribution in [2.24, 2.45) is 5.73 Å². The Morgan fingerprint density at radius 1 is 1.39 bits per heavy atom. The Bertz CT molecular complexity index is 855. The number of nitrogens with two attached hydrogens (primary N) is 1. The maximum absolute atomic E-state index is 12.5. The molecule has 5 atom stereocenters. The number of aromatic hydroxyl groups is 1. The second-order valence-corrected chi connectivity index (χ2v) is 8.39. The zero-order chi connectivity index (χ0) is 20.4. The number of likely N-dealkylation sites (tertiary alicyclic amines) is 1. The monoisotopic (exact) mass is 390 g/mol.